The number of benzene rings is 1. The molecule has 0 bridgehead atoms. The quantitative estimate of drug-likeness (QED) is 0.902. The van der Waals surface area contributed by atoms with Crippen molar-refractivity contribution < 1.29 is 9.59 Å². The lowest BCUT2D eigenvalue weighted by atomic mass is 10.1. The zero-order valence-electron chi connectivity index (χ0n) is 11.0. The number of halogens is 2. The van der Waals surface area contributed by atoms with Crippen LogP contribution in [0.5, 0.6) is 0 Å². The number of hydrogen-bond acceptors (Lipinski definition) is 2. The Kier molecular flexibility index (Phi) is 5.20. The number of nitrogens with one attached hydrogen (secondary N) is 2. The van der Waals surface area contributed by atoms with E-state index >= 15 is 0 Å². The second kappa shape index (κ2) is 6.26. The summed E-state index contributed by atoms with van der Waals surface area (Å²) >= 11 is 11.6. The molecular weight excluding hydrogens is 287 g/mol. The molecule has 0 radical (unpaired) electrons. The molecule has 0 heterocycles. The zero-order valence-corrected chi connectivity index (χ0v) is 12.5. The van der Waals surface area contributed by atoms with Gasteiger partial charge in [-0.1, -0.05) is 23.2 Å². The Labute approximate surface area is 122 Å². The second-order valence-electron chi connectivity index (χ2n) is 5.14. The first-order valence-electron chi connectivity index (χ1n) is 5.73. The van der Waals surface area contributed by atoms with Gasteiger partial charge >= 0.3 is 0 Å². The Morgan fingerprint density at radius 3 is 2.11 bits per heavy atom. The van der Waals surface area contributed by atoms with Crippen molar-refractivity contribution in [3.05, 3.63) is 33.8 Å². The molecule has 0 aromatic heterocycles. The molecule has 4 nitrogen and oxygen atoms in total. The van der Waals surface area contributed by atoms with Gasteiger partial charge in [-0.2, -0.15) is 0 Å². The SMILES string of the molecule is CC(C)(C)NC(=O)CNC(=O)c1cc(Cl)cc(Cl)c1. The zero-order chi connectivity index (χ0) is 14.6. The van der Waals surface area contributed by atoms with Crippen LogP contribution in [0.3, 0.4) is 0 Å². The van der Waals surface area contributed by atoms with Crippen molar-refractivity contribution in [3.63, 3.8) is 0 Å². The predicted octanol–water partition coefficient (Wildman–Crippen LogP) is 2.64. The second-order valence-corrected chi connectivity index (χ2v) is 6.01. The smallest absolute Gasteiger partial charge is 0.251 e. The van der Waals surface area contributed by atoms with Crippen LogP contribution in [-0.2, 0) is 4.79 Å². The van der Waals surface area contributed by atoms with Crippen molar-refractivity contribution in [2.45, 2.75) is 26.3 Å². The van der Waals surface area contributed by atoms with E-state index in [2.05, 4.69) is 10.6 Å². The Bertz CT molecular complexity index is 476. The fourth-order valence-corrected chi connectivity index (χ4v) is 1.94. The molecule has 0 atom stereocenters. The summed E-state index contributed by atoms with van der Waals surface area (Å²) in [7, 11) is 0. The third kappa shape index (κ3) is 5.94. The first-order chi connectivity index (χ1) is 8.67. The summed E-state index contributed by atoms with van der Waals surface area (Å²) in [4.78, 5) is 23.4. The van der Waals surface area contributed by atoms with Gasteiger partial charge in [0.2, 0.25) is 5.91 Å². The Hall–Kier alpha value is -1.26. The molecule has 0 unspecified atom stereocenters. The normalized spacial score (nSPS) is 11.0. The molecule has 2 amide bonds. The summed E-state index contributed by atoms with van der Waals surface area (Å²) in [6.07, 6.45) is 0. The fourth-order valence-electron chi connectivity index (χ4n) is 1.41. The molecule has 1 aromatic carbocycles. The molecule has 0 spiro atoms. The van der Waals surface area contributed by atoms with Gasteiger partial charge in [0, 0.05) is 21.1 Å². The number of carbonyl (C=O) groups is 2. The monoisotopic (exact) mass is 302 g/mol. The molecule has 0 aliphatic carbocycles. The van der Waals surface area contributed by atoms with E-state index < -0.39 is 5.91 Å². The maximum atomic E-state index is 11.8. The summed E-state index contributed by atoms with van der Waals surface area (Å²) in [6.45, 7) is 5.50. The number of carbonyl (C=O) groups excluding carboxylic acids is 2. The van der Waals surface area contributed by atoms with E-state index in [1.54, 1.807) is 0 Å². The van der Waals surface area contributed by atoms with E-state index in [1.165, 1.54) is 18.2 Å². The average molecular weight is 303 g/mol. The van der Waals surface area contributed by atoms with Crippen molar-refractivity contribution in [2.75, 3.05) is 6.54 Å². The fraction of sp³-hybridized carbons (Fsp3) is 0.385. The van der Waals surface area contributed by atoms with E-state index in [0.717, 1.165) is 0 Å². The van der Waals surface area contributed by atoms with E-state index in [1.807, 2.05) is 20.8 Å². The van der Waals surface area contributed by atoms with Crippen molar-refractivity contribution in [1.82, 2.24) is 10.6 Å². The largest absolute Gasteiger partial charge is 0.350 e. The average Bonchev–Trinajstić information content (AvgIpc) is 2.22. The third-order valence-electron chi connectivity index (χ3n) is 2.05. The lowest BCUT2D eigenvalue weighted by Crippen LogP contribution is -2.45. The Balaban J connectivity index is 2.58. The van der Waals surface area contributed by atoms with Crippen LogP contribution in [0.4, 0.5) is 0 Å². The highest BCUT2D eigenvalue weighted by atomic mass is 35.5. The van der Waals surface area contributed by atoms with Gasteiger partial charge in [-0.3, -0.25) is 9.59 Å². The molecule has 104 valence electrons. The minimum Gasteiger partial charge on any atom is -0.350 e. The number of hydrogen-bond donors (Lipinski definition) is 2. The topological polar surface area (TPSA) is 58.2 Å². The van der Waals surface area contributed by atoms with Crippen molar-refractivity contribution in [1.29, 1.82) is 0 Å². The standard InChI is InChI=1S/C13H16Cl2N2O2/c1-13(2,3)17-11(18)7-16-12(19)8-4-9(14)6-10(15)5-8/h4-6H,7H2,1-3H3,(H,16,19)(H,17,18). The van der Waals surface area contributed by atoms with Crippen molar-refractivity contribution in [2.24, 2.45) is 0 Å². The molecule has 2 N–H and O–H groups in total. The van der Waals surface area contributed by atoms with Gasteiger partial charge in [0.15, 0.2) is 0 Å². The van der Waals surface area contributed by atoms with E-state index in [4.69, 9.17) is 23.2 Å². The van der Waals surface area contributed by atoms with Crippen LogP contribution in [0, 0.1) is 0 Å². The molecule has 0 saturated heterocycles. The molecule has 0 fully saturated rings. The Morgan fingerprint density at radius 2 is 1.63 bits per heavy atom. The maximum Gasteiger partial charge on any atom is 0.251 e. The van der Waals surface area contributed by atoms with Gasteiger partial charge in [-0.15, -0.1) is 0 Å². The first-order valence-corrected chi connectivity index (χ1v) is 6.48. The molecule has 1 rings (SSSR count). The summed E-state index contributed by atoms with van der Waals surface area (Å²) in [5.41, 5.74) is -0.0117. The third-order valence-corrected chi connectivity index (χ3v) is 2.49. The summed E-state index contributed by atoms with van der Waals surface area (Å²) < 4.78 is 0. The highest BCUT2D eigenvalue weighted by Crippen LogP contribution is 2.18. The van der Waals surface area contributed by atoms with Crippen LogP contribution in [0.15, 0.2) is 18.2 Å². The van der Waals surface area contributed by atoms with Crippen LogP contribution in [-0.4, -0.2) is 23.9 Å². The molecule has 6 heteroatoms. The number of amides is 2. The van der Waals surface area contributed by atoms with Gasteiger partial charge in [0.25, 0.3) is 5.91 Å². The molecule has 0 aliphatic rings. The van der Waals surface area contributed by atoms with Crippen LogP contribution in [0.2, 0.25) is 10.0 Å². The van der Waals surface area contributed by atoms with Crippen molar-refractivity contribution in [3.8, 4) is 0 Å². The molecule has 19 heavy (non-hydrogen) atoms. The lowest BCUT2D eigenvalue weighted by molar-refractivity contribution is -0.121. The van der Waals surface area contributed by atoms with E-state index in [9.17, 15) is 9.59 Å². The van der Waals surface area contributed by atoms with Crippen LogP contribution < -0.4 is 10.6 Å². The van der Waals surface area contributed by atoms with Gasteiger partial charge < -0.3 is 10.6 Å². The van der Waals surface area contributed by atoms with Gasteiger partial charge in [-0.05, 0) is 39.0 Å². The van der Waals surface area contributed by atoms with Crippen molar-refractivity contribution >= 4 is 35.0 Å². The molecular formula is C13H16Cl2N2O2. The van der Waals surface area contributed by atoms with Gasteiger partial charge in [0.1, 0.15) is 0 Å². The van der Waals surface area contributed by atoms with Gasteiger partial charge in [-0.25, -0.2) is 0 Å². The number of rotatable bonds is 3. The molecule has 0 saturated carbocycles. The lowest BCUT2D eigenvalue weighted by Gasteiger charge is -2.20. The Morgan fingerprint density at radius 1 is 1.11 bits per heavy atom. The summed E-state index contributed by atoms with van der Waals surface area (Å²) in [5, 5.41) is 5.99. The maximum absolute atomic E-state index is 11.8. The minimum absolute atomic E-state index is 0.0970. The van der Waals surface area contributed by atoms with Crippen LogP contribution in [0.25, 0.3) is 0 Å². The van der Waals surface area contributed by atoms with Crippen LogP contribution in [0.1, 0.15) is 31.1 Å². The molecule has 1 aromatic rings. The molecule has 0 aliphatic heterocycles. The highest BCUT2D eigenvalue weighted by Gasteiger charge is 2.15. The summed E-state index contributed by atoms with van der Waals surface area (Å²) in [6, 6.07) is 4.51. The van der Waals surface area contributed by atoms with Crippen LogP contribution >= 0.6 is 23.2 Å². The highest BCUT2D eigenvalue weighted by molar-refractivity contribution is 6.35. The first kappa shape index (κ1) is 15.8. The minimum atomic E-state index is -0.395. The van der Waals surface area contributed by atoms with Gasteiger partial charge in [0.05, 0.1) is 6.54 Å². The van der Waals surface area contributed by atoms with E-state index in [0.29, 0.717) is 15.6 Å². The predicted molar refractivity (Wildman–Crippen MR) is 76.7 cm³/mol. The summed E-state index contributed by atoms with van der Waals surface area (Å²) in [5.74, 6) is -0.651. The van der Waals surface area contributed by atoms with E-state index in [-0.39, 0.29) is 18.0 Å².